The second-order valence-electron chi connectivity index (χ2n) is 9.66. The summed E-state index contributed by atoms with van der Waals surface area (Å²) in [5.41, 5.74) is -1.38. The first-order valence-electron chi connectivity index (χ1n) is 12.7. The highest BCUT2D eigenvalue weighted by atomic mass is 35.5. The standard InChI is InChI=1S/C28H27ClF3N3O5/c29-20-4-3-18-13-17(1-2-19(18)15-20)14-26(36)27(37)33-11-12-40-23-8-5-21(6-9-23)34-22-7-10-25(35(38)39)24(16-22)28(30,31)32/h1-4,7,10,13,15-16,21,23,34H,5-6,8-9,11-12,14H2,(H,33,37). The van der Waals surface area contributed by atoms with Crippen LogP contribution in [-0.2, 0) is 26.9 Å². The summed E-state index contributed by atoms with van der Waals surface area (Å²) in [5, 5.41) is 19.0. The van der Waals surface area contributed by atoms with Crippen LogP contribution in [0.2, 0.25) is 5.02 Å². The van der Waals surface area contributed by atoms with E-state index in [1.807, 2.05) is 24.3 Å². The number of amides is 1. The molecule has 3 aromatic rings. The number of nitrogens with one attached hydrogen (secondary N) is 2. The average Bonchev–Trinajstić information content (AvgIpc) is 2.91. The maximum atomic E-state index is 13.2. The Hall–Kier alpha value is -3.70. The molecule has 1 saturated carbocycles. The largest absolute Gasteiger partial charge is 0.423 e. The van der Waals surface area contributed by atoms with Crippen molar-refractivity contribution in [2.45, 2.75) is 50.4 Å². The number of rotatable bonds is 10. The molecule has 1 amide bonds. The molecule has 0 heterocycles. The van der Waals surface area contributed by atoms with E-state index in [1.54, 1.807) is 12.1 Å². The van der Waals surface area contributed by atoms with Gasteiger partial charge in [0.15, 0.2) is 0 Å². The number of fused-ring (bicyclic) bond motifs is 1. The van der Waals surface area contributed by atoms with E-state index in [0.717, 1.165) is 28.5 Å². The molecule has 0 aromatic heterocycles. The molecule has 0 unspecified atom stereocenters. The second kappa shape index (κ2) is 12.6. The molecule has 40 heavy (non-hydrogen) atoms. The Bertz CT molecular complexity index is 1410. The number of alkyl halides is 3. The molecule has 0 radical (unpaired) electrons. The summed E-state index contributed by atoms with van der Waals surface area (Å²) in [7, 11) is 0. The van der Waals surface area contributed by atoms with Gasteiger partial charge in [-0.3, -0.25) is 19.7 Å². The van der Waals surface area contributed by atoms with Gasteiger partial charge in [0.25, 0.3) is 11.6 Å². The van der Waals surface area contributed by atoms with Crippen LogP contribution in [0.1, 0.15) is 36.8 Å². The fourth-order valence-corrected chi connectivity index (χ4v) is 4.93. The number of nitro groups is 1. The monoisotopic (exact) mass is 577 g/mol. The van der Waals surface area contributed by atoms with Crippen LogP contribution >= 0.6 is 11.6 Å². The number of carbonyl (C=O) groups excluding carboxylic acids is 2. The second-order valence-corrected chi connectivity index (χ2v) is 10.1. The predicted molar refractivity (Wildman–Crippen MR) is 144 cm³/mol. The first-order valence-corrected chi connectivity index (χ1v) is 13.1. The van der Waals surface area contributed by atoms with E-state index in [1.165, 1.54) is 6.07 Å². The van der Waals surface area contributed by atoms with Crippen molar-refractivity contribution in [2.24, 2.45) is 0 Å². The van der Waals surface area contributed by atoms with Crippen molar-refractivity contribution in [3.63, 3.8) is 0 Å². The van der Waals surface area contributed by atoms with Crippen LogP contribution in [0.5, 0.6) is 0 Å². The van der Waals surface area contributed by atoms with Crippen molar-refractivity contribution in [3.8, 4) is 0 Å². The minimum Gasteiger partial charge on any atom is -0.382 e. The van der Waals surface area contributed by atoms with E-state index in [4.69, 9.17) is 16.3 Å². The maximum Gasteiger partial charge on any atom is 0.423 e. The molecule has 0 spiro atoms. The lowest BCUT2D eigenvalue weighted by molar-refractivity contribution is -0.388. The van der Waals surface area contributed by atoms with Gasteiger partial charge in [-0.1, -0.05) is 35.9 Å². The van der Waals surface area contributed by atoms with Gasteiger partial charge < -0.3 is 15.4 Å². The van der Waals surface area contributed by atoms with E-state index < -0.39 is 34.0 Å². The molecule has 3 aromatic carbocycles. The molecule has 1 aliphatic carbocycles. The summed E-state index contributed by atoms with van der Waals surface area (Å²) >= 11 is 5.99. The fraction of sp³-hybridized carbons (Fsp3) is 0.357. The highest BCUT2D eigenvalue weighted by molar-refractivity contribution is 6.36. The normalized spacial score (nSPS) is 17.4. The lowest BCUT2D eigenvalue weighted by Gasteiger charge is -2.30. The maximum absolute atomic E-state index is 13.2. The summed E-state index contributed by atoms with van der Waals surface area (Å²) in [6.07, 6.45) is -2.39. The number of benzene rings is 3. The van der Waals surface area contributed by atoms with Gasteiger partial charge in [0.2, 0.25) is 5.78 Å². The third-order valence-electron chi connectivity index (χ3n) is 6.77. The van der Waals surface area contributed by atoms with Crippen LogP contribution in [0, 0.1) is 10.1 Å². The Morgan fingerprint density at radius 2 is 1.70 bits per heavy atom. The van der Waals surface area contributed by atoms with E-state index in [-0.39, 0.29) is 37.4 Å². The fourth-order valence-electron chi connectivity index (χ4n) is 4.75. The summed E-state index contributed by atoms with van der Waals surface area (Å²) in [5.74, 6) is -1.24. The summed E-state index contributed by atoms with van der Waals surface area (Å²) in [4.78, 5) is 34.4. The molecule has 1 fully saturated rings. The van der Waals surface area contributed by atoms with Crippen molar-refractivity contribution in [1.82, 2.24) is 5.32 Å². The molecule has 0 bridgehead atoms. The van der Waals surface area contributed by atoms with Crippen molar-refractivity contribution >= 4 is 45.4 Å². The van der Waals surface area contributed by atoms with Gasteiger partial charge >= 0.3 is 6.18 Å². The van der Waals surface area contributed by atoms with Gasteiger partial charge in [-0.2, -0.15) is 13.2 Å². The molecule has 12 heteroatoms. The minimum absolute atomic E-state index is 0.0263. The van der Waals surface area contributed by atoms with Gasteiger partial charge in [0.1, 0.15) is 5.56 Å². The predicted octanol–water partition coefficient (Wildman–Crippen LogP) is 6.09. The topological polar surface area (TPSA) is 111 Å². The van der Waals surface area contributed by atoms with Crippen LogP contribution in [0.3, 0.4) is 0 Å². The van der Waals surface area contributed by atoms with Crippen LogP contribution in [0.4, 0.5) is 24.5 Å². The van der Waals surface area contributed by atoms with Crippen molar-refractivity contribution in [1.29, 1.82) is 0 Å². The average molecular weight is 578 g/mol. The molecule has 0 aliphatic heterocycles. The van der Waals surface area contributed by atoms with Gasteiger partial charge in [0, 0.05) is 35.8 Å². The molecule has 1 aliphatic rings. The first kappa shape index (κ1) is 29.3. The number of hydrogen-bond acceptors (Lipinski definition) is 6. The van der Waals surface area contributed by atoms with Crippen molar-refractivity contribution in [2.75, 3.05) is 18.5 Å². The highest BCUT2D eigenvalue weighted by Gasteiger charge is 2.38. The number of anilines is 1. The summed E-state index contributed by atoms with van der Waals surface area (Å²) < 4.78 is 45.5. The molecule has 8 nitrogen and oxygen atoms in total. The molecule has 0 saturated heterocycles. The number of hydrogen-bond donors (Lipinski definition) is 2. The summed E-state index contributed by atoms with van der Waals surface area (Å²) in [6.45, 7) is 0.387. The van der Waals surface area contributed by atoms with E-state index >= 15 is 0 Å². The molecular formula is C28H27ClF3N3O5. The Morgan fingerprint density at radius 1 is 1.00 bits per heavy atom. The Balaban J connectivity index is 1.17. The van der Waals surface area contributed by atoms with E-state index in [9.17, 15) is 32.9 Å². The number of carbonyl (C=O) groups is 2. The lowest BCUT2D eigenvalue weighted by Crippen LogP contribution is -2.36. The Kier molecular flexibility index (Phi) is 9.26. The number of halogens is 4. The zero-order chi connectivity index (χ0) is 28.9. The third kappa shape index (κ3) is 7.70. The van der Waals surface area contributed by atoms with E-state index in [2.05, 4.69) is 10.6 Å². The van der Waals surface area contributed by atoms with Crippen LogP contribution in [0.25, 0.3) is 10.8 Å². The van der Waals surface area contributed by atoms with Gasteiger partial charge in [-0.25, -0.2) is 0 Å². The van der Waals surface area contributed by atoms with Crippen LogP contribution in [0.15, 0.2) is 54.6 Å². The number of ether oxygens (including phenoxy) is 1. The number of nitrogens with zero attached hydrogens (tertiary/aromatic N) is 1. The molecule has 0 atom stereocenters. The lowest BCUT2D eigenvalue weighted by atomic mass is 9.92. The van der Waals surface area contributed by atoms with Crippen LogP contribution < -0.4 is 10.6 Å². The SMILES string of the molecule is O=C(Cc1ccc2cc(Cl)ccc2c1)C(=O)NCCOC1CCC(Nc2ccc([N+](=O)[O-])c(C(F)(F)F)c2)CC1. The molecular weight excluding hydrogens is 551 g/mol. The smallest absolute Gasteiger partial charge is 0.382 e. The number of ketones is 1. The zero-order valence-corrected chi connectivity index (χ0v) is 22.1. The highest BCUT2D eigenvalue weighted by Crippen LogP contribution is 2.38. The van der Waals surface area contributed by atoms with Crippen molar-refractivity contribution < 1.29 is 32.4 Å². The molecule has 2 N–H and O–H groups in total. The van der Waals surface area contributed by atoms with Gasteiger partial charge in [-0.15, -0.1) is 0 Å². The summed E-state index contributed by atoms with van der Waals surface area (Å²) in [6, 6.07) is 13.7. The van der Waals surface area contributed by atoms with Gasteiger partial charge in [-0.05, 0) is 66.3 Å². The Morgan fingerprint density at radius 3 is 2.40 bits per heavy atom. The third-order valence-corrected chi connectivity index (χ3v) is 7.00. The molecule has 212 valence electrons. The quantitative estimate of drug-likeness (QED) is 0.131. The van der Waals surface area contributed by atoms with Crippen LogP contribution in [-0.4, -0.2) is 41.9 Å². The number of Topliss-reactive ketones (excluding diaryl/α,β-unsaturated/α-hetero) is 1. The van der Waals surface area contributed by atoms with Crippen molar-refractivity contribution in [3.05, 3.63) is 80.9 Å². The van der Waals surface area contributed by atoms with E-state index in [0.29, 0.717) is 30.7 Å². The zero-order valence-electron chi connectivity index (χ0n) is 21.3. The Labute approximate surface area is 233 Å². The number of nitro benzene ring substituents is 1. The first-order chi connectivity index (χ1) is 19.0. The van der Waals surface area contributed by atoms with Gasteiger partial charge in [0.05, 0.1) is 17.6 Å². The minimum atomic E-state index is -4.84. The molecule has 4 rings (SSSR count).